The number of ether oxygens (including phenoxy) is 1. The van der Waals surface area contributed by atoms with E-state index >= 15 is 0 Å². The van der Waals surface area contributed by atoms with Crippen molar-refractivity contribution < 1.29 is 9.84 Å². The highest BCUT2D eigenvalue weighted by Crippen LogP contribution is 2.50. The summed E-state index contributed by atoms with van der Waals surface area (Å²) in [5.74, 6) is 1.38. The molecule has 4 heteroatoms. The second kappa shape index (κ2) is 6.00. The van der Waals surface area contributed by atoms with E-state index in [0.717, 1.165) is 42.9 Å². The Balaban J connectivity index is 1.65. The van der Waals surface area contributed by atoms with Gasteiger partial charge in [-0.2, -0.15) is 0 Å². The van der Waals surface area contributed by atoms with Crippen molar-refractivity contribution in [3.8, 4) is 16.9 Å². The lowest BCUT2D eigenvalue weighted by molar-refractivity contribution is 0.199. The molecule has 1 unspecified atom stereocenters. The number of piperidine rings is 1. The van der Waals surface area contributed by atoms with Crippen molar-refractivity contribution in [2.45, 2.75) is 37.8 Å². The number of nitrogens with zero attached hydrogens (tertiary/aromatic N) is 1. The quantitative estimate of drug-likeness (QED) is 0.892. The molecule has 0 radical (unpaired) electrons. The smallest absolute Gasteiger partial charge is 0.119 e. The molecular formula is C22H26N2O2. The van der Waals surface area contributed by atoms with Crippen LogP contribution >= 0.6 is 0 Å². The molecule has 1 saturated heterocycles. The first-order valence-electron chi connectivity index (χ1n) is 9.68. The van der Waals surface area contributed by atoms with Crippen molar-refractivity contribution in [2.75, 3.05) is 31.6 Å². The van der Waals surface area contributed by atoms with Gasteiger partial charge in [-0.15, -0.1) is 0 Å². The number of hydrogen-bond acceptors (Lipinski definition) is 4. The topological polar surface area (TPSA) is 44.7 Å². The predicted octanol–water partition coefficient (Wildman–Crippen LogP) is 3.24. The van der Waals surface area contributed by atoms with E-state index in [0.29, 0.717) is 12.0 Å². The van der Waals surface area contributed by atoms with Crippen molar-refractivity contribution in [2.24, 2.45) is 0 Å². The van der Waals surface area contributed by atoms with Crippen LogP contribution in [-0.4, -0.2) is 37.9 Å². The van der Waals surface area contributed by atoms with Crippen LogP contribution in [-0.2, 0) is 6.42 Å². The highest BCUT2D eigenvalue weighted by molar-refractivity contribution is 5.79. The van der Waals surface area contributed by atoms with Crippen LogP contribution in [0.25, 0.3) is 11.1 Å². The minimum absolute atomic E-state index is 0.525. The molecule has 2 aromatic rings. The Morgan fingerprint density at radius 2 is 2.15 bits per heavy atom. The molecule has 2 aromatic carbocycles. The Morgan fingerprint density at radius 3 is 2.96 bits per heavy atom. The maximum atomic E-state index is 10.3. The van der Waals surface area contributed by atoms with Gasteiger partial charge < -0.3 is 20.1 Å². The van der Waals surface area contributed by atoms with Gasteiger partial charge in [0.25, 0.3) is 0 Å². The summed E-state index contributed by atoms with van der Waals surface area (Å²) in [5, 5.41) is 13.9. The fraction of sp³-hybridized carbons (Fsp3) is 0.455. The minimum atomic E-state index is -0.525. The third kappa shape index (κ3) is 2.29. The Morgan fingerprint density at radius 1 is 1.27 bits per heavy atom. The standard InChI is InChI=1S/C22H26N2O2/c1-13(25)18-11-16(26-2)3-4-17(18)15-9-14-6-8-24-21-5-7-23-12-20(21)19(10-15)22(14)24/h3-4,9-11,13,20-21,23,25H,5-8,12H2,1-2H3/t13?,20-,21-/m0/s1. The molecule has 0 amide bonds. The molecule has 3 aliphatic rings. The van der Waals surface area contributed by atoms with Crippen LogP contribution < -0.4 is 15.0 Å². The number of rotatable bonds is 3. The lowest BCUT2D eigenvalue weighted by Gasteiger charge is -2.32. The number of aliphatic hydroxyl groups is 1. The van der Waals surface area contributed by atoms with Crippen LogP contribution in [0.4, 0.5) is 5.69 Å². The normalized spacial score (nSPS) is 24.3. The van der Waals surface area contributed by atoms with Crippen molar-refractivity contribution in [3.05, 3.63) is 47.0 Å². The molecule has 0 aliphatic carbocycles. The lowest BCUT2D eigenvalue weighted by atomic mass is 9.86. The molecule has 3 atom stereocenters. The predicted molar refractivity (Wildman–Crippen MR) is 104 cm³/mol. The summed E-state index contributed by atoms with van der Waals surface area (Å²) in [6.07, 6.45) is 1.84. The van der Waals surface area contributed by atoms with Gasteiger partial charge in [-0.25, -0.2) is 0 Å². The van der Waals surface area contributed by atoms with Crippen LogP contribution in [0, 0.1) is 0 Å². The van der Waals surface area contributed by atoms with E-state index in [9.17, 15) is 5.11 Å². The van der Waals surface area contributed by atoms with E-state index < -0.39 is 6.10 Å². The Labute approximate surface area is 154 Å². The largest absolute Gasteiger partial charge is 0.497 e. The Kier molecular flexibility index (Phi) is 3.73. The van der Waals surface area contributed by atoms with Gasteiger partial charge in [-0.1, -0.05) is 6.07 Å². The SMILES string of the molecule is COc1ccc(-c2cc3c4c(c2)[C@@H]2CNCC[C@@H]2N4CC3)c(C(C)O)c1. The first-order chi connectivity index (χ1) is 12.7. The molecule has 1 fully saturated rings. The highest BCUT2D eigenvalue weighted by Gasteiger charge is 2.43. The van der Waals surface area contributed by atoms with Crippen molar-refractivity contribution in [1.29, 1.82) is 0 Å². The number of benzene rings is 2. The van der Waals surface area contributed by atoms with E-state index in [1.165, 1.54) is 28.8 Å². The lowest BCUT2D eigenvalue weighted by Crippen LogP contribution is -2.43. The first-order valence-corrected chi connectivity index (χ1v) is 9.68. The number of nitrogens with one attached hydrogen (secondary N) is 1. The van der Waals surface area contributed by atoms with Crippen LogP contribution in [0.3, 0.4) is 0 Å². The van der Waals surface area contributed by atoms with Gasteiger partial charge in [-0.3, -0.25) is 0 Å². The fourth-order valence-electron chi connectivity index (χ4n) is 5.19. The molecule has 3 aliphatic heterocycles. The van der Waals surface area contributed by atoms with Gasteiger partial charge in [0, 0.05) is 30.7 Å². The summed E-state index contributed by atoms with van der Waals surface area (Å²) in [5.41, 5.74) is 7.75. The van der Waals surface area contributed by atoms with Crippen molar-refractivity contribution in [1.82, 2.24) is 5.32 Å². The van der Waals surface area contributed by atoms with Gasteiger partial charge in [0.2, 0.25) is 0 Å². The molecule has 136 valence electrons. The van der Waals surface area contributed by atoms with Crippen LogP contribution in [0.1, 0.15) is 42.1 Å². The van der Waals surface area contributed by atoms with E-state index in [1.807, 2.05) is 19.1 Å². The third-order valence-corrected chi connectivity index (χ3v) is 6.39. The molecule has 2 N–H and O–H groups in total. The maximum absolute atomic E-state index is 10.3. The minimum Gasteiger partial charge on any atom is -0.497 e. The molecule has 4 nitrogen and oxygen atoms in total. The van der Waals surface area contributed by atoms with Crippen LogP contribution in [0.15, 0.2) is 30.3 Å². The Bertz CT molecular complexity index is 861. The summed E-state index contributed by atoms with van der Waals surface area (Å²) in [6, 6.07) is 11.4. The number of anilines is 1. The van der Waals surface area contributed by atoms with E-state index in [1.54, 1.807) is 7.11 Å². The molecule has 3 heterocycles. The second-order valence-corrected chi connectivity index (χ2v) is 7.81. The molecule has 0 spiro atoms. The van der Waals surface area contributed by atoms with E-state index in [4.69, 9.17) is 4.74 Å². The maximum Gasteiger partial charge on any atom is 0.119 e. The molecule has 5 rings (SSSR count). The summed E-state index contributed by atoms with van der Waals surface area (Å²) >= 11 is 0. The molecule has 26 heavy (non-hydrogen) atoms. The molecule has 0 aromatic heterocycles. The summed E-state index contributed by atoms with van der Waals surface area (Å²) in [4.78, 5) is 2.66. The van der Waals surface area contributed by atoms with E-state index in [2.05, 4.69) is 28.4 Å². The molecule has 0 saturated carbocycles. The summed E-state index contributed by atoms with van der Waals surface area (Å²) < 4.78 is 5.37. The second-order valence-electron chi connectivity index (χ2n) is 7.81. The number of aliphatic hydroxyl groups excluding tert-OH is 1. The zero-order valence-corrected chi connectivity index (χ0v) is 15.5. The van der Waals surface area contributed by atoms with Crippen LogP contribution in [0.5, 0.6) is 5.75 Å². The summed E-state index contributed by atoms with van der Waals surface area (Å²) in [6.45, 7) is 5.17. The van der Waals surface area contributed by atoms with Crippen molar-refractivity contribution >= 4 is 5.69 Å². The van der Waals surface area contributed by atoms with Crippen molar-refractivity contribution in [3.63, 3.8) is 0 Å². The van der Waals surface area contributed by atoms with Gasteiger partial charge in [-0.05, 0) is 78.4 Å². The van der Waals surface area contributed by atoms with Gasteiger partial charge in [0.15, 0.2) is 0 Å². The highest BCUT2D eigenvalue weighted by atomic mass is 16.5. The fourth-order valence-corrected chi connectivity index (χ4v) is 5.19. The number of hydrogen-bond donors (Lipinski definition) is 2. The zero-order chi connectivity index (χ0) is 17.8. The van der Waals surface area contributed by atoms with Gasteiger partial charge in [0.05, 0.1) is 13.2 Å². The average Bonchev–Trinajstić information content (AvgIpc) is 3.24. The number of fused-ring (bicyclic) bond motifs is 3. The molecular weight excluding hydrogens is 324 g/mol. The third-order valence-electron chi connectivity index (χ3n) is 6.39. The Hall–Kier alpha value is -2.04. The molecule has 0 bridgehead atoms. The monoisotopic (exact) mass is 350 g/mol. The average molecular weight is 350 g/mol. The summed E-state index contributed by atoms with van der Waals surface area (Å²) in [7, 11) is 1.67. The van der Waals surface area contributed by atoms with Crippen LogP contribution in [0.2, 0.25) is 0 Å². The zero-order valence-electron chi connectivity index (χ0n) is 15.5. The van der Waals surface area contributed by atoms with E-state index in [-0.39, 0.29) is 0 Å². The first kappa shape index (κ1) is 16.2. The number of methoxy groups -OCH3 is 1. The van der Waals surface area contributed by atoms with Gasteiger partial charge >= 0.3 is 0 Å². The van der Waals surface area contributed by atoms with Gasteiger partial charge in [0.1, 0.15) is 5.75 Å².